The van der Waals surface area contributed by atoms with E-state index in [-0.39, 0.29) is 30.4 Å². The summed E-state index contributed by atoms with van der Waals surface area (Å²) in [5, 5.41) is 18.3. The number of aromatic nitrogens is 3. The third-order valence-corrected chi connectivity index (χ3v) is 3.89. The Hall–Kier alpha value is -3.38. The molecule has 0 aliphatic carbocycles. The lowest BCUT2D eigenvalue weighted by Crippen LogP contribution is -2.24. The van der Waals surface area contributed by atoms with Crippen LogP contribution in [-0.2, 0) is 6.18 Å². The Morgan fingerprint density at radius 2 is 1.93 bits per heavy atom. The first-order valence-electron chi connectivity index (χ1n) is 8.82. The monoisotopic (exact) mass is 425 g/mol. The highest BCUT2D eigenvalue weighted by Crippen LogP contribution is 2.35. The third kappa shape index (κ3) is 5.36. The van der Waals surface area contributed by atoms with Gasteiger partial charge in [-0.05, 0) is 30.3 Å². The number of ether oxygens (including phenoxy) is 1. The van der Waals surface area contributed by atoms with Crippen molar-refractivity contribution in [2.24, 2.45) is 0 Å². The molecule has 12 heteroatoms. The van der Waals surface area contributed by atoms with Gasteiger partial charge in [0, 0.05) is 25.0 Å². The molecule has 4 N–H and O–H groups in total. The van der Waals surface area contributed by atoms with Crippen LogP contribution in [0, 0.1) is 0 Å². The van der Waals surface area contributed by atoms with Gasteiger partial charge in [0.05, 0.1) is 12.2 Å². The molecule has 30 heavy (non-hydrogen) atoms. The molecule has 0 unspecified atom stereocenters. The summed E-state index contributed by atoms with van der Waals surface area (Å²) in [4.78, 5) is 18.0. The highest BCUT2D eigenvalue weighted by Gasteiger charge is 2.30. The van der Waals surface area contributed by atoms with Gasteiger partial charge in [0.25, 0.3) is 0 Å². The summed E-state index contributed by atoms with van der Waals surface area (Å²) in [6.07, 6.45) is -3.01. The molecule has 3 aromatic rings. The molecule has 0 saturated carbocycles. The van der Waals surface area contributed by atoms with Crippen LogP contribution >= 0.6 is 0 Å². The number of H-pyrrole nitrogens is 1. The number of nitrogens with zero attached hydrogens (tertiary/aromatic N) is 2. The number of rotatable bonds is 9. The van der Waals surface area contributed by atoms with Crippen molar-refractivity contribution in [3.63, 3.8) is 0 Å². The fourth-order valence-electron chi connectivity index (χ4n) is 2.54. The second-order valence-corrected chi connectivity index (χ2v) is 6.00. The molecule has 0 bridgehead atoms. The van der Waals surface area contributed by atoms with Crippen molar-refractivity contribution in [3.8, 4) is 17.1 Å². The van der Waals surface area contributed by atoms with E-state index >= 15 is 0 Å². The Labute approximate surface area is 167 Å². The van der Waals surface area contributed by atoms with Gasteiger partial charge in [0.15, 0.2) is 5.82 Å². The minimum Gasteiger partial charge on any atom is -0.491 e. The molecule has 9 nitrogen and oxygen atoms in total. The lowest BCUT2D eigenvalue weighted by molar-refractivity contribution is -0.137. The molecule has 0 aliphatic rings. The minimum atomic E-state index is -4.44. The predicted octanol–water partition coefficient (Wildman–Crippen LogP) is 2.15. The molecule has 0 amide bonds. The van der Waals surface area contributed by atoms with Crippen LogP contribution in [0.4, 0.5) is 24.7 Å². The highest BCUT2D eigenvalue weighted by atomic mass is 19.4. The number of hydrogen-bond donors (Lipinski definition) is 4. The summed E-state index contributed by atoms with van der Waals surface area (Å²) in [6.45, 7) is 1.07. The van der Waals surface area contributed by atoms with Crippen molar-refractivity contribution in [1.82, 2.24) is 20.4 Å². The van der Waals surface area contributed by atoms with Gasteiger partial charge in [0.1, 0.15) is 23.7 Å². The zero-order valence-corrected chi connectivity index (χ0v) is 15.5. The van der Waals surface area contributed by atoms with Crippen LogP contribution in [-0.4, -0.2) is 46.5 Å². The van der Waals surface area contributed by atoms with E-state index in [1.54, 1.807) is 6.07 Å². The Bertz CT molecular complexity index is 1020. The number of alkyl halides is 3. The standard InChI is InChI=1S/C18H18F3N5O4/c19-18(20,21)11-1-3-12(4-2-11)24-15-14(16-25-17(28)30-26-16)13(5-6-23-15)29-10-8-22-7-9-27/h1-6,22,27H,7-10H2,(H,23,24)(H,25,26,28). The number of hydrogen-bond acceptors (Lipinski definition) is 8. The molecule has 1 aromatic carbocycles. The second kappa shape index (κ2) is 9.41. The first-order valence-corrected chi connectivity index (χ1v) is 8.82. The molecule has 2 heterocycles. The van der Waals surface area contributed by atoms with E-state index in [0.29, 0.717) is 24.5 Å². The zero-order valence-electron chi connectivity index (χ0n) is 15.5. The zero-order chi connectivity index (χ0) is 21.6. The van der Waals surface area contributed by atoms with Gasteiger partial charge in [0.2, 0.25) is 0 Å². The van der Waals surface area contributed by atoms with Gasteiger partial charge in [-0.25, -0.2) is 9.78 Å². The fourth-order valence-corrected chi connectivity index (χ4v) is 2.54. The van der Waals surface area contributed by atoms with Gasteiger partial charge in [-0.3, -0.25) is 9.51 Å². The number of aromatic amines is 1. The van der Waals surface area contributed by atoms with E-state index in [4.69, 9.17) is 9.84 Å². The second-order valence-electron chi connectivity index (χ2n) is 6.00. The Morgan fingerprint density at radius 1 is 1.17 bits per heavy atom. The number of anilines is 2. The van der Waals surface area contributed by atoms with Crippen LogP contribution in [0.25, 0.3) is 11.4 Å². The largest absolute Gasteiger partial charge is 0.491 e. The van der Waals surface area contributed by atoms with Crippen molar-refractivity contribution in [1.29, 1.82) is 0 Å². The van der Waals surface area contributed by atoms with Gasteiger partial charge in [-0.15, -0.1) is 0 Å². The molecular formula is C18H18F3N5O4. The van der Waals surface area contributed by atoms with Gasteiger partial charge in [-0.2, -0.15) is 13.2 Å². The molecule has 3 rings (SSSR count). The average Bonchev–Trinajstić information content (AvgIpc) is 3.13. The van der Waals surface area contributed by atoms with E-state index in [1.807, 2.05) is 0 Å². The van der Waals surface area contributed by atoms with Crippen LogP contribution in [0.2, 0.25) is 0 Å². The summed E-state index contributed by atoms with van der Waals surface area (Å²) in [6, 6.07) is 5.94. The summed E-state index contributed by atoms with van der Waals surface area (Å²) in [5.41, 5.74) is -0.177. The van der Waals surface area contributed by atoms with Gasteiger partial charge < -0.3 is 20.5 Å². The number of halogens is 3. The van der Waals surface area contributed by atoms with Gasteiger partial charge >= 0.3 is 11.9 Å². The van der Waals surface area contributed by atoms with Crippen LogP contribution in [0.15, 0.2) is 45.8 Å². The Morgan fingerprint density at radius 3 is 2.57 bits per heavy atom. The summed E-state index contributed by atoms with van der Waals surface area (Å²) in [5.74, 6) is -0.236. The highest BCUT2D eigenvalue weighted by molar-refractivity contribution is 5.79. The first kappa shape index (κ1) is 21.3. The molecule has 0 spiro atoms. The van der Waals surface area contributed by atoms with Gasteiger partial charge in [-0.1, -0.05) is 5.16 Å². The average molecular weight is 425 g/mol. The Kier molecular flexibility index (Phi) is 6.69. The summed E-state index contributed by atoms with van der Waals surface area (Å²) >= 11 is 0. The molecule has 160 valence electrons. The number of aliphatic hydroxyl groups is 1. The fraction of sp³-hybridized carbons (Fsp3) is 0.278. The summed E-state index contributed by atoms with van der Waals surface area (Å²) in [7, 11) is 0. The lowest BCUT2D eigenvalue weighted by Gasteiger charge is -2.15. The number of nitrogens with one attached hydrogen (secondary N) is 3. The van der Waals surface area contributed by atoms with E-state index in [2.05, 4.69) is 30.3 Å². The molecular weight excluding hydrogens is 407 g/mol. The smallest absolute Gasteiger partial charge is 0.439 e. The Balaban J connectivity index is 1.87. The number of pyridine rings is 1. The lowest BCUT2D eigenvalue weighted by atomic mass is 10.2. The summed E-state index contributed by atoms with van der Waals surface area (Å²) < 4.78 is 48.6. The molecule has 2 aromatic heterocycles. The quantitative estimate of drug-likeness (QED) is 0.385. The van der Waals surface area contributed by atoms with E-state index < -0.39 is 17.5 Å². The maximum Gasteiger partial charge on any atom is 0.439 e. The molecule has 0 aliphatic heterocycles. The maximum absolute atomic E-state index is 12.8. The van der Waals surface area contributed by atoms with Crippen molar-refractivity contribution in [2.75, 3.05) is 31.6 Å². The van der Waals surface area contributed by atoms with Crippen molar-refractivity contribution >= 4 is 11.5 Å². The molecule has 0 saturated heterocycles. The number of aliphatic hydroxyl groups excluding tert-OH is 1. The van der Waals surface area contributed by atoms with Crippen molar-refractivity contribution < 1.29 is 27.5 Å². The van der Waals surface area contributed by atoms with E-state index in [9.17, 15) is 18.0 Å². The normalized spacial score (nSPS) is 11.5. The predicted molar refractivity (Wildman–Crippen MR) is 101 cm³/mol. The topological polar surface area (TPSA) is 125 Å². The minimum absolute atomic E-state index is 0.0120. The third-order valence-electron chi connectivity index (χ3n) is 3.89. The van der Waals surface area contributed by atoms with Crippen LogP contribution < -0.4 is 21.1 Å². The molecule has 0 radical (unpaired) electrons. The van der Waals surface area contributed by atoms with E-state index in [0.717, 1.165) is 12.1 Å². The molecule has 0 fully saturated rings. The van der Waals surface area contributed by atoms with Crippen LogP contribution in [0.3, 0.4) is 0 Å². The molecule has 0 atom stereocenters. The maximum atomic E-state index is 12.8. The van der Waals surface area contributed by atoms with Crippen LogP contribution in [0.1, 0.15) is 5.56 Å². The van der Waals surface area contributed by atoms with Crippen molar-refractivity contribution in [2.45, 2.75) is 6.18 Å². The first-order chi connectivity index (χ1) is 14.4. The SMILES string of the molecule is O=c1[nH]c(-c2c(OCCNCCO)ccnc2Nc2ccc(C(F)(F)F)cc2)no1. The van der Waals surface area contributed by atoms with Crippen molar-refractivity contribution in [3.05, 3.63) is 52.6 Å². The number of benzene rings is 1. The van der Waals surface area contributed by atoms with Crippen LogP contribution in [0.5, 0.6) is 5.75 Å². The van der Waals surface area contributed by atoms with E-state index in [1.165, 1.54) is 18.3 Å².